The van der Waals surface area contributed by atoms with Gasteiger partial charge >= 0.3 is 0 Å². The van der Waals surface area contributed by atoms with Gasteiger partial charge in [0.2, 0.25) is 0 Å². The lowest BCUT2D eigenvalue weighted by Gasteiger charge is -2.24. The van der Waals surface area contributed by atoms with Crippen LogP contribution in [-0.4, -0.2) is 25.5 Å². The zero-order valence-electron chi connectivity index (χ0n) is 8.50. The van der Waals surface area contributed by atoms with Gasteiger partial charge in [-0.1, -0.05) is 12.1 Å². The van der Waals surface area contributed by atoms with Gasteiger partial charge in [-0.25, -0.2) is 4.39 Å². The van der Waals surface area contributed by atoms with Crippen molar-refractivity contribution < 1.29 is 4.39 Å². The van der Waals surface area contributed by atoms with Crippen molar-refractivity contribution >= 4 is 0 Å². The number of likely N-dealkylation sites (N-methyl/N-ethyl adjacent to an activating group) is 1. The van der Waals surface area contributed by atoms with Crippen molar-refractivity contribution in [2.24, 2.45) is 5.84 Å². The fraction of sp³-hybridized carbons (Fsp3) is 0.400. The van der Waals surface area contributed by atoms with Gasteiger partial charge in [0.15, 0.2) is 0 Å². The summed E-state index contributed by atoms with van der Waals surface area (Å²) in [7, 11) is 3.93. The van der Waals surface area contributed by atoms with Gasteiger partial charge in [-0.05, 0) is 31.8 Å². The molecule has 0 bridgehead atoms. The van der Waals surface area contributed by atoms with Crippen molar-refractivity contribution in [3.05, 3.63) is 35.6 Å². The molecule has 3 nitrogen and oxygen atoms in total. The van der Waals surface area contributed by atoms with Crippen LogP contribution in [0.1, 0.15) is 11.6 Å². The van der Waals surface area contributed by atoms with Gasteiger partial charge in [-0.2, -0.15) is 0 Å². The third-order valence-corrected chi connectivity index (χ3v) is 2.19. The van der Waals surface area contributed by atoms with E-state index in [1.807, 2.05) is 19.0 Å². The molecule has 1 rings (SSSR count). The Hall–Kier alpha value is -0.970. The zero-order valence-corrected chi connectivity index (χ0v) is 8.50. The minimum atomic E-state index is -0.216. The molecule has 14 heavy (non-hydrogen) atoms. The van der Waals surface area contributed by atoms with Crippen LogP contribution in [0.15, 0.2) is 24.3 Å². The molecule has 0 aliphatic heterocycles. The summed E-state index contributed by atoms with van der Waals surface area (Å²) >= 11 is 0. The van der Waals surface area contributed by atoms with Gasteiger partial charge in [0.1, 0.15) is 5.82 Å². The quantitative estimate of drug-likeness (QED) is 0.556. The van der Waals surface area contributed by atoms with Crippen LogP contribution in [0.2, 0.25) is 0 Å². The van der Waals surface area contributed by atoms with Gasteiger partial charge in [0.25, 0.3) is 0 Å². The number of hydrogen-bond acceptors (Lipinski definition) is 3. The summed E-state index contributed by atoms with van der Waals surface area (Å²) in [5.74, 6) is 5.07. The summed E-state index contributed by atoms with van der Waals surface area (Å²) in [5.41, 5.74) is 3.68. The zero-order chi connectivity index (χ0) is 10.6. The first kappa shape index (κ1) is 11.1. The van der Waals surface area contributed by atoms with Crippen molar-refractivity contribution in [3.8, 4) is 0 Å². The van der Waals surface area contributed by atoms with Crippen LogP contribution in [0.5, 0.6) is 0 Å². The SMILES string of the molecule is CN(C)C(CNN)c1ccc(F)cc1. The highest BCUT2D eigenvalue weighted by Gasteiger charge is 2.12. The van der Waals surface area contributed by atoms with E-state index in [2.05, 4.69) is 5.43 Å². The van der Waals surface area contributed by atoms with Gasteiger partial charge < -0.3 is 4.90 Å². The van der Waals surface area contributed by atoms with Gasteiger partial charge in [0, 0.05) is 12.6 Å². The minimum Gasteiger partial charge on any atom is -0.301 e. The first-order valence-corrected chi connectivity index (χ1v) is 4.50. The van der Waals surface area contributed by atoms with E-state index in [9.17, 15) is 4.39 Å². The second-order valence-electron chi connectivity index (χ2n) is 3.44. The topological polar surface area (TPSA) is 41.3 Å². The van der Waals surface area contributed by atoms with E-state index >= 15 is 0 Å². The molecular weight excluding hydrogens is 181 g/mol. The largest absolute Gasteiger partial charge is 0.301 e. The second-order valence-corrected chi connectivity index (χ2v) is 3.44. The van der Waals surface area contributed by atoms with E-state index in [4.69, 9.17) is 5.84 Å². The highest BCUT2D eigenvalue weighted by Crippen LogP contribution is 2.17. The molecule has 0 aromatic heterocycles. The predicted molar refractivity (Wildman–Crippen MR) is 55.0 cm³/mol. The molecule has 0 heterocycles. The van der Waals surface area contributed by atoms with Crippen LogP contribution in [0.4, 0.5) is 4.39 Å². The number of hydrogen-bond donors (Lipinski definition) is 2. The van der Waals surface area contributed by atoms with E-state index in [0.29, 0.717) is 6.54 Å². The molecule has 0 aliphatic carbocycles. The summed E-state index contributed by atoms with van der Waals surface area (Å²) in [6, 6.07) is 6.64. The maximum atomic E-state index is 12.7. The Bertz CT molecular complexity index is 271. The van der Waals surface area contributed by atoms with E-state index < -0.39 is 0 Å². The van der Waals surface area contributed by atoms with Gasteiger partial charge in [-0.15, -0.1) is 0 Å². The Morgan fingerprint density at radius 2 is 1.93 bits per heavy atom. The van der Waals surface area contributed by atoms with E-state index in [0.717, 1.165) is 5.56 Å². The molecule has 0 fully saturated rings. The highest BCUT2D eigenvalue weighted by molar-refractivity contribution is 5.20. The minimum absolute atomic E-state index is 0.167. The molecular formula is C10H16FN3. The summed E-state index contributed by atoms with van der Waals surface area (Å²) in [6.45, 7) is 0.638. The standard InChI is InChI=1S/C10H16FN3/c1-14(2)10(7-13-12)8-3-5-9(11)6-4-8/h3-6,10,13H,7,12H2,1-2H3. The smallest absolute Gasteiger partial charge is 0.123 e. The highest BCUT2D eigenvalue weighted by atomic mass is 19.1. The first-order chi connectivity index (χ1) is 6.65. The van der Waals surface area contributed by atoms with Crippen LogP contribution in [0.3, 0.4) is 0 Å². The van der Waals surface area contributed by atoms with Crippen LogP contribution < -0.4 is 11.3 Å². The van der Waals surface area contributed by atoms with E-state index in [-0.39, 0.29) is 11.9 Å². The van der Waals surface area contributed by atoms with Crippen molar-refractivity contribution in [1.82, 2.24) is 10.3 Å². The molecule has 1 aromatic carbocycles. The van der Waals surface area contributed by atoms with Crippen molar-refractivity contribution in [1.29, 1.82) is 0 Å². The Balaban J connectivity index is 2.82. The molecule has 0 saturated heterocycles. The maximum absolute atomic E-state index is 12.7. The molecule has 0 spiro atoms. The summed E-state index contributed by atoms with van der Waals surface area (Å²) < 4.78 is 12.7. The van der Waals surface area contributed by atoms with Gasteiger partial charge in [-0.3, -0.25) is 11.3 Å². The molecule has 4 heteroatoms. The van der Waals surface area contributed by atoms with Crippen molar-refractivity contribution in [2.75, 3.05) is 20.6 Å². The first-order valence-electron chi connectivity index (χ1n) is 4.50. The van der Waals surface area contributed by atoms with Crippen LogP contribution in [0, 0.1) is 5.82 Å². The van der Waals surface area contributed by atoms with Gasteiger partial charge in [0.05, 0.1) is 0 Å². The monoisotopic (exact) mass is 197 g/mol. The molecule has 3 N–H and O–H groups in total. The average Bonchev–Trinajstić information content (AvgIpc) is 2.15. The fourth-order valence-electron chi connectivity index (χ4n) is 1.40. The molecule has 0 amide bonds. The lowest BCUT2D eigenvalue weighted by atomic mass is 10.1. The maximum Gasteiger partial charge on any atom is 0.123 e. The average molecular weight is 197 g/mol. The van der Waals surface area contributed by atoms with Crippen LogP contribution >= 0.6 is 0 Å². The molecule has 0 saturated carbocycles. The molecule has 0 aliphatic rings. The lowest BCUT2D eigenvalue weighted by molar-refractivity contribution is 0.290. The third kappa shape index (κ3) is 2.77. The van der Waals surface area contributed by atoms with Crippen LogP contribution in [-0.2, 0) is 0 Å². The molecule has 78 valence electrons. The van der Waals surface area contributed by atoms with Crippen molar-refractivity contribution in [3.63, 3.8) is 0 Å². The van der Waals surface area contributed by atoms with Crippen LogP contribution in [0.25, 0.3) is 0 Å². The number of nitrogens with one attached hydrogen (secondary N) is 1. The third-order valence-electron chi connectivity index (χ3n) is 2.19. The Morgan fingerprint density at radius 1 is 1.36 bits per heavy atom. The summed E-state index contributed by atoms with van der Waals surface area (Å²) in [4.78, 5) is 2.03. The van der Waals surface area contributed by atoms with E-state index in [1.54, 1.807) is 12.1 Å². The molecule has 1 atom stereocenters. The number of nitrogens with two attached hydrogens (primary N) is 1. The Morgan fingerprint density at radius 3 is 2.36 bits per heavy atom. The molecule has 1 unspecified atom stereocenters. The normalized spacial score (nSPS) is 13.2. The predicted octanol–water partition coefficient (Wildman–Crippen LogP) is 0.892. The van der Waals surface area contributed by atoms with Crippen molar-refractivity contribution in [2.45, 2.75) is 6.04 Å². The molecule has 0 radical (unpaired) electrons. The summed E-state index contributed by atoms with van der Waals surface area (Å²) in [5, 5.41) is 0. The van der Waals surface area contributed by atoms with E-state index in [1.165, 1.54) is 12.1 Å². The number of rotatable bonds is 4. The number of benzene rings is 1. The Labute approximate surface area is 83.7 Å². The summed E-state index contributed by atoms with van der Waals surface area (Å²) in [6.07, 6.45) is 0. The lowest BCUT2D eigenvalue weighted by Crippen LogP contribution is -2.34. The number of nitrogens with zero attached hydrogens (tertiary/aromatic N) is 1. The fourth-order valence-corrected chi connectivity index (χ4v) is 1.40. The number of hydrazine groups is 1. The Kier molecular flexibility index (Phi) is 4.00. The second kappa shape index (κ2) is 5.05. The number of halogens is 1. The molecule has 1 aromatic rings.